The number of hydrogen-bond acceptors (Lipinski definition) is 0. The van der Waals surface area contributed by atoms with E-state index in [1.807, 2.05) is 0 Å². The molecule has 0 heteroatoms. The Hall–Kier alpha value is -0.520. The van der Waals surface area contributed by atoms with Gasteiger partial charge in [0.25, 0.3) is 0 Å². The van der Waals surface area contributed by atoms with Gasteiger partial charge in [-0.15, -0.1) is 0 Å². The highest BCUT2D eigenvalue weighted by molar-refractivity contribution is 5.26. The molecule has 0 aromatic rings. The Morgan fingerprint density at radius 1 is 1.00 bits per heavy atom. The molecule has 0 aromatic carbocycles. The van der Waals surface area contributed by atoms with Crippen molar-refractivity contribution in [2.24, 2.45) is 34.5 Å². The van der Waals surface area contributed by atoms with E-state index in [1.54, 1.807) is 5.57 Å². The Bertz CT molecular complexity index is 484. The minimum absolute atomic E-state index is 0.526. The maximum absolute atomic E-state index is 2.68. The molecule has 6 atom stereocenters. The third-order valence-electron chi connectivity index (χ3n) is 8.27. The molecule has 21 heavy (non-hydrogen) atoms. The first kappa shape index (κ1) is 14.1. The molecule has 0 radical (unpaired) electrons. The number of hydrogen-bond donors (Lipinski definition) is 0. The van der Waals surface area contributed by atoms with Crippen LogP contribution in [0.4, 0.5) is 0 Å². The van der Waals surface area contributed by atoms with Gasteiger partial charge in [-0.3, -0.25) is 0 Å². The molecule has 0 heterocycles. The van der Waals surface area contributed by atoms with Gasteiger partial charge in [0.05, 0.1) is 0 Å². The van der Waals surface area contributed by atoms with Crippen LogP contribution in [0.1, 0.15) is 72.1 Å². The number of rotatable bonds is 0. The molecule has 3 fully saturated rings. The second kappa shape index (κ2) is 4.74. The van der Waals surface area contributed by atoms with Gasteiger partial charge >= 0.3 is 0 Å². The van der Waals surface area contributed by atoms with Crippen molar-refractivity contribution in [2.75, 3.05) is 0 Å². The summed E-state index contributed by atoms with van der Waals surface area (Å²) in [5.74, 6) is 3.67. The van der Waals surface area contributed by atoms with Crippen LogP contribution in [0.5, 0.6) is 0 Å². The maximum atomic E-state index is 2.68. The number of allylic oxidation sites excluding steroid dienone is 4. The summed E-state index contributed by atoms with van der Waals surface area (Å²) in [4.78, 5) is 0. The molecule has 0 saturated heterocycles. The zero-order valence-corrected chi connectivity index (χ0v) is 14.2. The topological polar surface area (TPSA) is 0 Å². The monoisotopic (exact) mass is 284 g/mol. The van der Waals surface area contributed by atoms with Crippen LogP contribution in [0.15, 0.2) is 23.8 Å². The zero-order chi connectivity index (χ0) is 14.7. The smallest absolute Gasteiger partial charge is 0.00823 e. The summed E-state index contributed by atoms with van der Waals surface area (Å²) in [5, 5.41) is 0. The SMILES string of the molecule is CC=C1CC[C@H]2[C@@H]3C=CC4CCCC[C@]4(C)[C@H]3CC[C@]12C. The largest absolute Gasteiger partial charge is 0.0879 e. The van der Waals surface area contributed by atoms with E-state index in [0.717, 1.165) is 23.7 Å². The van der Waals surface area contributed by atoms with Crippen LogP contribution in [0, 0.1) is 34.5 Å². The van der Waals surface area contributed by atoms with Crippen LogP contribution < -0.4 is 0 Å². The van der Waals surface area contributed by atoms with Crippen LogP contribution in [0.25, 0.3) is 0 Å². The second-order valence-electron chi connectivity index (χ2n) is 8.84. The molecule has 4 aliphatic rings. The number of fused-ring (bicyclic) bond motifs is 5. The lowest BCUT2D eigenvalue weighted by Gasteiger charge is -2.57. The van der Waals surface area contributed by atoms with Crippen LogP contribution in [0.2, 0.25) is 0 Å². The van der Waals surface area contributed by atoms with Crippen molar-refractivity contribution < 1.29 is 0 Å². The Kier molecular flexibility index (Phi) is 3.18. The van der Waals surface area contributed by atoms with Gasteiger partial charge in [0.1, 0.15) is 0 Å². The van der Waals surface area contributed by atoms with Crippen LogP contribution in [-0.2, 0) is 0 Å². The summed E-state index contributed by atoms with van der Waals surface area (Å²) in [6.07, 6.45) is 19.4. The summed E-state index contributed by atoms with van der Waals surface area (Å²) < 4.78 is 0. The lowest BCUT2D eigenvalue weighted by Crippen LogP contribution is -2.50. The van der Waals surface area contributed by atoms with Crippen molar-refractivity contribution in [2.45, 2.75) is 72.1 Å². The third-order valence-corrected chi connectivity index (χ3v) is 8.27. The summed E-state index contributed by atoms with van der Waals surface area (Å²) >= 11 is 0. The van der Waals surface area contributed by atoms with Crippen molar-refractivity contribution in [3.63, 3.8) is 0 Å². The normalized spacial score (nSPS) is 54.1. The summed E-state index contributed by atoms with van der Waals surface area (Å²) in [7, 11) is 0. The summed E-state index contributed by atoms with van der Waals surface area (Å²) in [5.41, 5.74) is 2.92. The lowest BCUT2D eigenvalue weighted by atomic mass is 9.47. The maximum Gasteiger partial charge on any atom is -0.00823 e. The van der Waals surface area contributed by atoms with E-state index in [1.165, 1.54) is 51.4 Å². The predicted molar refractivity (Wildman–Crippen MR) is 90.0 cm³/mol. The third kappa shape index (κ3) is 1.80. The highest BCUT2D eigenvalue weighted by atomic mass is 14.6. The molecule has 0 aliphatic heterocycles. The average molecular weight is 284 g/mol. The van der Waals surface area contributed by atoms with Crippen molar-refractivity contribution in [3.05, 3.63) is 23.8 Å². The van der Waals surface area contributed by atoms with E-state index in [-0.39, 0.29) is 0 Å². The molecule has 0 spiro atoms. The van der Waals surface area contributed by atoms with E-state index >= 15 is 0 Å². The molecule has 116 valence electrons. The van der Waals surface area contributed by atoms with Crippen molar-refractivity contribution in [3.8, 4) is 0 Å². The van der Waals surface area contributed by atoms with E-state index in [9.17, 15) is 0 Å². The average Bonchev–Trinajstić information content (AvgIpc) is 2.83. The van der Waals surface area contributed by atoms with Crippen LogP contribution >= 0.6 is 0 Å². The van der Waals surface area contributed by atoms with E-state index in [4.69, 9.17) is 0 Å². The van der Waals surface area contributed by atoms with E-state index in [0.29, 0.717) is 10.8 Å². The molecule has 0 bridgehead atoms. The molecule has 0 aromatic heterocycles. The zero-order valence-electron chi connectivity index (χ0n) is 14.2. The Labute approximate surface area is 131 Å². The lowest BCUT2D eigenvalue weighted by molar-refractivity contribution is -0.0390. The summed E-state index contributed by atoms with van der Waals surface area (Å²) in [6, 6.07) is 0. The minimum atomic E-state index is 0.526. The van der Waals surface area contributed by atoms with Gasteiger partial charge in [-0.05, 0) is 80.0 Å². The van der Waals surface area contributed by atoms with Crippen molar-refractivity contribution >= 4 is 0 Å². The quantitative estimate of drug-likeness (QED) is 0.469. The summed E-state index contributed by atoms with van der Waals surface area (Å²) in [6.45, 7) is 7.50. The first-order valence-corrected chi connectivity index (χ1v) is 9.43. The van der Waals surface area contributed by atoms with Gasteiger partial charge in [-0.1, -0.05) is 50.5 Å². The molecule has 3 saturated carbocycles. The van der Waals surface area contributed by atoms with E-state index in [2.05, 4.69) is 39.0 Å². The molecule has 1 unspecified atom stereocenters. The van der Waals surface area contributed by atoms with E-state index < -0.39 is 0 Å². The Balaban J connectivity index is 1.71. The fraction of sp³-hybridized carbons (Fsp3) is 0.810. The van der Waals surface area contributed by atoms with Crippen molar-refractivity contribution in [1.29, 1.82) is 0 Å². The molecule has 0 amide bonds. The molecular weight excluding hydrogens is 252 g/mol. The highest BCUT2D eigenvalue weighted by Gasteiger charge is 2.56. The fourth-order valence-corrected chi connectivity index (χ4v) is 6.98. The van der Waals surface area contributed by atoms with Gasteiger partial charge in [-0.25, -0.2) is 0 Å². The standard InChI is InChI=1S/C21H32/c1-4-15-9-11-18-17-10-8-16-7-5-6-13-20(16,2)19(17)12-14-21(15,18)3/h4,8,10,16-19H,5-7,9,11-14H2,1-3H3/t16?,17-,18-,19-,20-,21+/m0/s1. The van der Waals surface area contributed by atoms with Crippen LogP contribution in [-0.4, -0.2) is 0 Å². The second-order valence-corrected chi connectivity index (χ2v) is 8.84. The molecule has 4 aliphatic carbocycles. The van der Waals surface area contributed by atoms with Gasteiger partial charge < -0.3 is 0 Å². The highest BCUT2D eigenvalue weighted by Crippen LogP contribution is 2.65. The minimum Gasteiger partial charge on any atom is -0.0879 e. The molecular formula is C21H32. The van der Waals surface area contributed by atoms with Gasteiger partial charge in [0.15, 0.2) is 0 Å². The van der Waals surface area contributed by atoms with Gasteiger partial charge in [0.2, 0.25) is 0 Å². The molecule has 0 nitrogen and oxygen atoms in total. The first-order chi connectivity index (χ1) is 10.1. The first-order valence-electron chi connectivity index (χ1n) is 9.43. The molecule has 4 rings (SSSR count). The Morgan fingerprint density at radius 3 is 2.67 bits per heavy atom. The fourth-order valence-electron chi connectivity index (χ4n) is 6.98. The van der Waals surface area contributed by atoms with Crippen molar-refractivity contribution in [1.82, 2.24) is 0 Å². The van der Waals surface area contributed by atoms with Gasteiger partial charge in [0, 0.05) is 0 Å². The van der Waals surface area contributed by atoms with Crippen LogP contribution in [0.3, 0.4) is 0 Å². The molecule has 0 N–H and O–H groups in total. The van der Waals surface area contributed by atoms with Gasteiger partial charge in [-0.2, -0.15) is 0 Å². The predicted octanol–water partition coefficient (Wildman–Crippen LogP) is 6.14. The Morgan fingerprint density at radius 2 is 1.86 bits per heavy atom.